The van der Waals surface area contributed by atoms with Crippen molar-refractivity contribution in [3.8, 4) is 0 Å². The van der Waals surface area contributed by atoms with E-state index in [-0.39, 0.29) is 11.8 Å². The first-order valence-corrected chi connectivity index (χ1v) is 6.30. The van der Waals surface area contributed by atoms with E-state index in [0.717, 1.165) is 19.3 Å². The third-order valence-corrected chi connectivity index (χ3v) is 2.49. The van der Waals surface area contributed by atoms with E-state index in [4.69, 9.17) is 15.2 Å². The lowest BCUT2D eigenvalue weighted by atomic mass is 10.0. The summed E-state index contributed by atoms with van der Waals surface area (Å²) < 4.78 is 10.1. The van der Waals surface area contributed by atoms with E-state index in [1.165, 1.54) is 0 Å². The molecule has 3 N–H and O–H groups in total. The Morgan fingerprint density at radius 1 is 1.35 bits per heavy atom. The molecular weight excluding hydrogens is 220 g/mol. The summed E-state index contributed by atoms with van der Waals surface area (Å²) in [5, 5.41) is 2.88. The van der Waals surface area contributed by atoms with E-state index in [0.29, 0.717) is 32.9 Å². The predicted octanol–water partition coefficient (Wildman–Crippen LogP) is 0.531. The molecule has 0 bridgehead atoms. The second-order valence-electron chi connectivity index (χ2n) is 3.97. The molecule has 1 unspecified atom stereocenters. The van der Waals surface area contributed by atoms with Crippen LogP contribution in [0.2, 0.25) is 0 Å². The van der Waals surface area contributed by atoms with Gasteiger partial charge in [0.25, 0.3) is 0 Å². The van der Waals surface area contributed by atoms with Gasteiger partial charge in [-0.25, -0.2) is 0 Å². The average molecular weight is 246 g/mol. The first-order chi connectivity index (χ1) is 8.26. The molecule has 102 valence electrons. The van der Waals surface area contributed by atoms with Crippen LogP contribution in [0.1, 0.15) is 26.2 Å². The van der Waals surface area contributed by atoms with Crippen LogP contribution in [-0.2, 0) is 14.3 Å². The van der Waals surface area contributed by atoms with E-state index < -0.39 is 0 Å². The Balaban J connectivity index is 3.43. The third kappa shape index (κ3) is 9.09. The number of carbonyl (C=O) groups is 1. The lowest BCUT2D eigenvalue weighted by Crippen LogP contribution is -2.35. The maximum absolute atomic E-state index is 11.6. The van der Waals surface area contributed by atoms with E-state index >= 15 is 0 Å². The van der Waals surface area contributed by atoms with Gasteiger partial charge < -0.3 is 20.5 Å². The van der Waals surface area contributed by atoms with Gasteiger partial charge in [0.2, 0.25) is 5.91 Å². The van der Waals surface area contributed by atoms with Crippen molar-refractivity contribution in [3.05, 3.63) is 0 Å². The van der Waals surface area contributed by atoms with Crippen LogP contribution in [0.15, 0.2) is 0 Å². The Hall–Kier alpha value is -0.650. The van der Waals surface area contributed by atoms with E-state index in [1.54, 1.807) is 7.11 Å². The van der Waals surface area contributed by atoms with Crippen molar-refractivity contribution in [3.63, 3.8) is 0 Å². The van der Waals surface area contributed by atoms with Crippen LogP contribution in [0.3, 0.4) is 0 Å². The van der Waals surface area contributed by atoms with E-state index in [2.05, 4.69) is 12.2 Å². The van der Waals surface area contributed by atoms with Crippen LogP contribution in [0.25, 0.3) is 0 Å². The number of amides is 1. The molecule has 0 aliphatic heterocycles. The van der Waals surface area contributed by atoms with Gasteiger partial charge in [0.05, 0.1) is 19.1 Å². The van der Waals surface area contributed by atoms with Crippen molar-refractivity contribution in [2.24, 2.45) is 11.7 Å². The molecule has 0 aromatic rings. The average Bonchev–Trinajstić information content (AvgIpc) is 2.34. The number of ether oxygens (including phenoxy) is 2. The number of carbonyl (C=O) groups excluding carboxylic acids is 1. The minimum Gasteiger partial charge on any atom is -0.382 e. The molecule has 0 spiro atoms. The highest BCUT2D eigenvalue weighted by atomic mass is 16.5. The van der Waals surface area contributed by atoms with Crippen LogP contribution in [-0.4, -0.2) is 45.9 Å². The maximum Gasteiger partial charge on any atom is 0.224 e. The lowest BCUT2D eigenvalue weighted by Gasteiger charge is -2.13. The largest absolute Gasteiger partial charge is 0.382 e. The first-order valence-electron chi connectivity index (χ1n) is 6.30. The van der Waals surface area contributed by atoms with Crippen LogP contribution in [0.4, 0.5) is 0 Å². The van der Waals surface area contributed by atoms with Crippen molar-refractivity contribution >= 4 is 5.91 Å². The second-order valence-corrected chi connectivity index (χ2v) is 3.97. The molecule has 0 radical (unpaired) electrons. The Morgan fingerprint density at radius 2 is 2.12 bits per heavy atom. The fourth-order valence-electron chi connectivity index (χ4n) is 1.48. The molecule has 0 aromatic heterocycles. The van der Waals surface area contributed by atoms with Gasteiger partial charge in [-0.05, 0) is 12.8 Å². The van der Waals surface area contributed by atoms with Gasteiger partial charge in [0.1, 0.15) is 0 Å². The molecular formula is C12H26N2O3. The molecule has 1 atom stereocenters. The maximum atomic E-state index is 11.6. The smallest absolute Gasteiger partial charge is 0.224 e. The first kappa shape index (κ1) is 16.4. The summed E-state index contributed by atoms with van der Waals surface area (Å²) in [7, 11) is 1.64. The number of nitrogens with one attached hydrogen (secondary N) is 1. The van der Waals surface area contributed by atoms with Gasteiger partial charge >= 0.3 is 0 Å². The van der Waals surface area contributed by atoms with Gasteiger partial charge in [0, 0.05) is 26.8 Å². The zero-order valence-corrected chi connectivity index (χ0v) is 11.0. The molecule has 0 rings (SSSR count). The Morgan fingerprint density at radius 3 is 2.71 bits per heavy atom. The number of hydrogen-bond donors (Lipinski definition) is 2. The molecule has 0 heterocycles. The van der Waals surface area contributed by atoms with Crippen LogP contribution < -0.4 is 11.1 Å². The summed E-state index contributed by atoms with van der Waals surface area (Å²) in [6.45, 7) is 4.98. The molecule has 5 heteroatoms. The summed E-state index contributed by atoms with van der Waals surface area (Å²) in [4.78, 5) is 11.6. The zero-order valence-electron chi connectivity index (χ0n) is 11.0. The summed E-state index contributed by atoms with van der Waals surface area (Å²) >= 11 is 0. The highest BCUT2D eigenvalue weighted by Gasteiger charge is 2.14. The Kier molecular flexibility index (Phi) is 11.4. The molecule has 1 amide bonds. The van der Waals surface area contributed by atoms with Crippen LogP contribution in [0.5, 0.6) is 0 Å². The molecule has 0 aliphatic rings. The number of nitrogens with two attached hydrogens (primary N) is 1. The Labute approximate surface area is 104 Å². The summed E-state index contributed by atoms with van der Waals surface area (Å²) in [6, 6.07) is 0. The number of rotatable bonds is 11. The quantitative estimate of drug-likeness (QED) is 0.522. The third-order valence-electron chi connectivity index (χ3n) is 2.49. The summed E-state index contributed by atoms with van der Waals surface area (Å²) in [6.07, 6.45) is 2.65. The highest BCUT2D eigenvalue weighted by Crippen LogP contribution is 2.03. The van der Waals surface area contributed by atoms with Gasteiger partial charge in [-0.2, -0.15) is 0 Å². The monoisotopic (exact) mass is 246 g/mol. The van der Waals surface area contributed by atoms with Crippen molar-refractivity contribution in [2.75, 3.05) is 40.0 Å². The Bertz CT molecular complexity index is 189. The van der Waals surface area contributed by atoms with Crippen molar-refractivity contribution in [2.45, 2.75) is 26.2 Å². The minimum atomic E-state index is -0.0468. The van der Waals surface area contributed by atoms with E-state index in [1.807, 2.05) is 0 Å². The van der Waals surface area contributed by atoms with Gasteiger partial charge in [0.15, 0.2) is 0 Å². The predicted molar refractivity (Wildman–Crippen MR) is 67.8 cm³/mol. The number of methoxy groups -OCH3 is 1. The van der Waals surface area contributed by atoms with Crippen LogP contribution >= 0.6 is 0 Å². The van der Waals surface area contributed by atoms with Crippen molar-refractivity contribution in [1.82, 2.24) is 5.32 Å². The fourth-order valence-corrected chi connectivity index (χ4v) is 1.48. The van der Waals surface area contributed by atoms with Gasteiger partial charge in [-0.3, -0.25) is 4.79 Å². The molecule has 0 saturated carbocycles. The molecule has 0 fully saturated rings. The molecule has 0 aliphatic carbocycles. The normalized spacial score (nSPS) is 12.4. The van der Waals surface area contributed by atoms with Crippen molar-refractivity contribution < 1.29 is 14.3 Å². The number of hydrogen-bond acceptors (Lipinski definition) is 4. The zero-order chi connectivity index (χ0) is 12.9. The summed E-state index contributed by atoms with van der Waals surface area (Å²) in [5.74, 6) is 0.0145. The van der Waals surface area contributed by atoms with Gasteiger partial charge in [-0.1, -0.05) is 13.3 Å². The van der Waals surface area contributed by atoms with Crippen LogP contribution in [0, 0.1) is 5.92 Å². The molecule has 0 aromatic carbocycles. The van der Waals surface area contributed by atoms with Gasteiger partial charge in [-0.15, -0.1) is 0 Å². The molecule has 0 saturated heterocycles. The highest BCUT2D eigenvalue weighted by molar-refractivity contribution is 5.78. The second kappa shape index (κ2) is 11.8. The lowest BCUT2D eigenvalue weighted by molar-refractivity contribution is -0.124. The standard InChI is InChI=1S/C12H26N2O3/c1-3-5-11(10-13)12(15)14-6-4-7-17-9-8-16-2/h11H,3-10,13H2,1-2H3,(H,14,15). The topological polar surface area (TPSA) is 73.6 Å². The summed E-state index contributed by atoms with van der Waals surface area (Å²) in [5.41, 5.74) is 5.55. The molecule has 17 heavy (non-hydrogen) atoms. The minimum absolute atomic E-state index is 0.0468. The van der Waals surface area contributed by atoms with E-state index in [9.17, 15) is 4.79 Å². The molecule has 5 nitrogen and oxygen atoms in total. The van der Waals surface area contributed by atoms with Crippen molar-refractivity contribution in [1.29, 1.82) is 0 Å². The fraction of sp³-hybridized carbons (Fsp3) is 0.917. The SMILES string of the molecule is CCCC(CN)C(=O)NCCCOCCOC.